The monoisotopic (exact) mass is 121 g/mol. The van der Waals surface area contributed by atoms with Crippen LogP contribution in [-0.2, 0) is 0 Å². The Labute approximate surface area is 55.0 Å². The molecular weight excluding hydrogens is 112 g/mol. The lowest BCUT2D eigenvalue weighted by atomic mass is 10.3. The average molecular weight is 121 g/mol. The average Bonchev–Trinajstić information content (AvgIpc) is 2.34. The highest BCUT2D eigenvalue weighted by Gasteiger charge is 1.82. The Kier molecular flexibility index (Phi) is 2.13. The van der Waals surface area contributed by atoms with E-state index in [0.29, 0.717) is 0 Å². The third kappa shape index (κ3) is 1.76. The van der Waals surface area contributed by atoms with E-state index in [-0.39, 0.29) is 0 Å². The molecule has 0 saturated carbocycles. The third-order valence-electron chi connectivity index (χ3n) is 1.02. The molecule has 1 radical (unpaired) electrons. The molecule has 0 aromatic carbocycles. The minimum absolute atomic E-state index is 0.825. The van der Waals surface area contributed by atoms with Crippen LogP contribution in [0.5, 0.6) is 0 Å². The second kappa shape index (κ2) is 3.13. The van der Waals surface area contributed by atoms with Crippen molar-refractivity contribution in [1.82, 2.24) is 0 Å². The molecule has 0 fully saturated rings. The van der Waals surface area contributed by atoms with Crippen molar-refractivity contribution in [3.05, 3.63) is 37.2 Å². The van der Waals surface area contributed by atoms with Crippen LogP contribution in [-0.4, -0.2) is 0 Å². The van der Waals surface area contributed by atoms with Gasteiger partial charge in [-0.05, 0) is 19.4 Å². The van der Waals surface area contributed by atoms with Crippen LogP contribution in [0.1, 0.15) is 12.0 Å². The minimum atomic E-state index is 0.825. The molecule has 1 nitrogen and oxygen atoms in total. The number of furan rings is 1. The molecule has 9 heavy (non-hydrogen) atoms. The first-order valence-electron chi connectivity index (χ1n) is 2.91. The van der Waals surface area contributed by atoms with E-state index in [1.807, 2.05) is 18.2 Å². The van der Waals surface area contributed by atoms with Crippen LogP contribution in [0.15, 0.2) is 29.1 Å². The molecule has 47 valence electrons. The largest absolute Gasteiger partial charge is 0.472 e. The quantitative estimate of drug-likeness (QED) is 0.586. The first kappa shape index (κ1) is 6.14. The van der Waals surface area contributed by atoms with Crippen molar-refractivity contribution in [3.63, 3.8) is 0 Å². The molecule has 1 heterocycles. The molecule has 0 aliphatic heterocycles. The van der Waals surface area contributed by atoms with E-state index in [0.717, 1.165) is 12.0 Å². The number of allylic oxidation sites excluding steroid dienone is 1. The second-order valence-electron chi connectivity index (χ2n) is 1.75. The van der Waals surface area contributed by atoms with Crippen molar-refractivity contribution >= 4 is 6.08 Å². The van der Waals surface area contributed by atoms with Crippen LogP contribution in [0.3, 0.4) is 0 Å². The van der Waals surface area contributed by atoms with Crippen LogP contribution in [0, 0.1) is 6.92 Å². The van der Waals surface area contributed by atoms with Crippen LogP contribution < -0.4 is 0 Å². The van der Waals surface area contributed by atoms with Crippen molar-refractivity contribution in [2.45, 2.75) is 6.42 Å². The molecule has 0 aliphatic carbocycles. The third-order valence-corrected chi connectivity index (χ3v) is 1.02. The van der Waals surface area contributed by atoms with Gasteiger partial charge in [-0.1, -0.05) is 12.2 Å². The van der Waals surface area contributed by atoms with Crippen molar-refractivity contribution in [3.8, 4) is 0 Å². The van der Waals surface area contributed by atoms with Gasteiger partial charge in [0.15, 0.2) is 0 Å². The first-order chi connectivity index (χ1) is 4.43. The van der Waals surface area contributed by atoms with E-state index in [9.17, 15) is 0 Å². The highest BCUT2D eigenvalue weighted by atomic mass is 16.3. The number of hydrogen-bond donors (Lipinski definition) is 0. The fraction of sp³-hybridized carbons (Fsp3) is 0.125. The molecule has 0 atom stereocenters. The summed E-state index contributed by atoms with van der Waals surface area (Å²) in [6.07, 6.45) is 8.15. The summed E-state index contributed by atoms with van der Waals surface area (Å²) in [4.78, 5) is 0. The Morgan fingerprint density at radius 1 is 1.67 bits per heavy atom. The van der Waals surface area contributed by atoms with E-state index in [4.69, 9.17) is 4.42 Å². The number of hydrogen-bond acceptors (Lipinski definition) is 1. The summed E-state index contributed by atoms with van der Waals surface area (Å²) in [6.45, 7) is 3.67. The topological polar surface area (TPSA) is 13.1 Å². The zero-order chi connectivity index (χ0) is 6.53. The van der Waals surface area contributed by atoms with Gasteiger partial charge in [-0.2, -0.15) is 0 Å². The van der Waals surface area contributed by atoms with Crippen molar-refractivity contribution in [2.75, 3.05) is 0 Å². The van der Waals surface area contributed by atoms with Crippen LogP contribution in [0.25, 0.3) is 6.08 Å². The fourth-order valence-electron chi connectivity index (χ4n) is 0.589. The Balaban J connectivity index is 2.57. The molecule has 1 rings (SSSR count). The van der Waals surface area contributed by atoms with Gasteiger partial charge in [-0.15, -0.1) is 0 Å². The molecule has 0 unspecified atom stereocenters. The molecule has 0 aliphatic rings. The predicted octanol–water partition coefficient (Wildman–Crippen LogP) is 2.52. The van der Waals surface area contributed by atoms with Gasteiger partial charge in [0.1, 0.15) is 0 Å². The summed E-state index contributed by atoms with van der Waals surface area (Å²) < 4.78 is 4.84. The summed E-state index contributed by atoms with van der Waals surface area (Å²) in [6, 6.07) is 1.91. The summed E-state index contributed by atoms with van der Waals surface area (Å²) in [5.74, 6) is 0. The molecule has 0 bridgehead atoms. The molecule has 1 aromatic rings. The summed E-state index contributed by atoms with van der Waals surface area (Å²) in [5.41, 5.74) is 1.10. The van der Waals surface area contributed by atoms with Gasteiger partial charge in [-0.25, -0.2) is 0 Å². The van der Waals surface area contributed by atoms with Crippen LogP contribution in [0.2, 0.25) is 0 Å². The van der Waals surface area contributed by atoms with E-state index in [1.165, 1.54) is 0 Å². The highest BCUT2D eigenvalue weighted by Crippen LogP contribution is 2.01. The van der Waals surface area contributed by atoms with E-state index < -0.39 is 0 Å². The normalized spacial score (nSPS) is 10.8. The van der Waals surface area contributed by atoms with Gasteiger partial charge in [-0.3, -0.25) is 0 Å². The molecule has 1 heteroatoms. The van der Waals surface area contributed by atoms with Crippen LogP contribution >= 0.6 is 0 Å². The lowest BCUT2D eigenvalue weighted by Gasteiger charge is -1.77. The number of rotatable bonds is 2. The van der Waals surface area contributed by atoms with E-state index >= 15 is 0 Å². The van der Waals surface area contributed by atoms with Gasteiger partial charge >= 0.3 is 0 Å². The lowest BCUT2D eigenvalue weighted by Crippen LogP contribution is -1.57. The van der Waals surface area contributed by atoms with Crippen molar-refractivity contribution in [1.29, 1.82) is 0 Å². The summed E-state index contributed by atoms with van der Waals surface area (Å²) in [7, 11) is 0. The van der Waals surface area contributed by atoms with Crippen LogP contribution in [0.4, 0.5) is 0 Å². The lowest BCUT2D eigenvalue weighted by molar-refractivity contribution is 0.567. The molecular formula is C8H9O. The molecule has 0 N–H and O–H groups in total. The van der Waals surface area contributed by atoms with E-state index in [2.05, 4.69) is 6.92 Å². The Bertz CT molecular complexity index is 172. The Morgan fingerprint density at radius 2 is 2.56 bits per heavy atom. The van der Waals surface area contributed by atoms with E-state index in [1.54, 1.807) is 12.5 Å². The molecule has 0 saturated heterocycles. The van der Waals surface area contributed by atoms with Gasteiger partial charge < -0.3 is 4.42 Å². The van der Waals surface area contributed by atoms with Crippen molar-refractivity contribution in [2.24, 2.45) is 0 Å². The SMILES string of the molecule is [CH2]CC=Cc1ccoc1. The molecule has 1 aromatic heterocycles. The van der Waals surface area contributed by atoms with Gasteiger partial charge in [0.25, 0.3) is 0 Å². The Hall–Kier alpha value is -0.980. The summed E-state index contributed by atoms with van der Waals surface area (Å²) in [5, 5.41) is 0. The first-order valence-corrected chi connectivity index (χ1v) is 2.91. The maximum Gasteiger partial charge on any atom is 0.0974 e. The maximum atomic E-state index is 4.84. The second-order valence-corrected chi connectivity index (χ2v) is 1.75. The minimum Gasteiger partial charge on any atom is -0.472 e. The highest BCUT2D eigenvalue weighted by molar-refractivity contribution is 5.46. The summed E-state index contributed by atoms with van der Waals surface area (Å²) >= 11 is 0. The molecule has 0 amide bonds. The fourth-order valence-corrected chi connectivity index (χ4v) is 0.589. The maximum absolute atomic E-state index is 4.84. The Morgan fingerprint density at radius 3 is 3.11 bits per heavy atom. The predicted molar refractivity (Wildman–Crippen MR) is 37.7 cm³/mol. The van der Waals surface area contributed by atoms with Gasteiger partial charge in [0.05, 0.1) is 12.5 Å². The standard InChI is InChI=1S/C8H9O/c1-2-3-4-8-5-6-9-7-8/h3-7H,1-2H2. The zero-order valence-electron chi connectivity index (χ0n) is 5.21. The van der Waals surface area contributed by atoms with Crippen molar-refractivity contribution < 1.29 is 4.42 Å². The zero-order valence-corrected chi connectivity index (χ0v) is 5.21. The molecule has 0 spiro atoms. The van der Waals surface area contributed by atoms with Gasteiger partial charge in [0.2, 0.25) is 0 Å². The van der Waals surface area contributed by atoms with Gasteiger partial charge in [0, 0.05) is 5.56 Å². The smallest absolute Gasteiger partial charge is 0.0974 e.